The molecular formula is C13H17ClN4. The summed E-state index contributed by atoms with van der Waals surface area (Å²) >= 11 is 6.13. The van der Waals surface area contributed by atoms with Crippen LogP contribution in [0.4, 0.5) is 5.82 Å². The van der Waals surface area contributed by atoms with Crippen molar-refractivity contribution < 1.29 is 0 Å². The fourth-order valence-corrected chi connectivity index (χ4v) is 3.03. The average Bonchev–Trinajstić information content (AvgIpc) is 3.05. The lowest BCUT2D eigenvalue weighted by molar-refractivity contribution is 0.368. The molecule has 4 nitrogen and oxygen atoms in total. The topological polar surface area (TPSA) is 42.2 Å². The maximum absolute atomic E-state index is 6.13. The van der Waals surface area contributed by atoms with E-state index in [1.54, 1.807) is 10.7 Å². The van der Waals surface area contributed by atoms with Gasteiger partial charge in [-0.2, -0.15) is 5.10 Å². The number of alkyl halides is 1. The average molecular weight is 265 g/mol. The van der Waals surface area contributed by atoms with Gasteiger partial charge in [-0.05, 0) is 18.9 Å². The summed E-state index contributed by atoms with van der Waals surface area (Å²) in [6, 6.07) is 3.86. The number of rotatable bonds is 4. The minimum Gasteiger partial charge on any atom is -0.369 e. The van der Waals surface area contributed by atoms with Gasteiger partial charge in [0.05, 0.1) is 6.20 Å². The highest BCUT2D eigenvalue weighted by Crippen LogP contribution is 2.39. The van der Waals surface area contributed by atoms with E-state index in [2.05, 4.69) is 15.4 Å². The second-order valence-electron chi connectivity index (χ2n) is 5.14. The number of aromatic nitrogens is 3. The zero-order valence-corrected chi connectivity index (χ0v) is 11.0. The Kier molecular flexibility index (Phi) is 3.12. The smallest absolute Gasteiger partial charge is 0.157 e. The molecule has 0 unspecified atom stereocenters. The summed E-state index contributed by atoms with van der Waals surface area (Å²) in [5, 5.41) is 7.56. The van der Waals surface area contributed by atoms with Crippen LogP contribution in [0.15, 0.2) is 24.5 Å². The number of fused-ring (bicyclic) bond motifs is 1. The summed E-state index contributed by atoms with van der Waals surface area (Å²) in [4.78, 5) is 4.51. The molecule has 18 heavy (non-hydrogen) atoms. The second-order valence-corrected chi connectivity index (χ2v) is 5.41. The van der Waals surface area contributed by atoms with Crippen LogP contribution in [0.1, 0.15) is 25.7 Å². The molecule has 5 heteroatoms. The summed E-state index contributed by atoms with van der Waals surface area (Å²) in [5.41, 5.74) is 1.13. The van der Waals surface area contributed by atoms with Gasteiger partial charge in [0.1, 0.15) is 5.82 Å². The van der Waals surface area contributed by atoms with Gasteiger partial charge in [-0.25, -0.2) is 9.50 Å². The van der Waals surface area contributed by atoms with Crippen molar-refractivity contribution in [3.63, 3.8) is 0 Å². The van der Waals surface area contributed by atoms with Crippen LogP contribution in [0.2, 0.25) is 0 Å². The molecule has 2 heterocycles. The predicted molar refractivity (Wildman–Crippen MR) is 73.1 cm³/mol. The molecule has 0 radical (unpaired) electrons. The van der Waals surface area contributed by atoms with E-state index in [1.807, 2.05) is 18.3 Å². The van der Waals surface area contributed by atoms with E-state index in [-0.39, 0.29) is 5.41 Å². The number of nitrogens with zero attached hydrogens (tertiary/aromatic N) is 3. The van der Waals surface area contributed by atoms with Crippen LogP contribution in [-0.2, 0) is 0 Å². The molecule has 2 aromatic heterocycles. The van der Waals surface area contributed by atoms with Gasteiger partial charge in [-0.1, -0.05) is 12.8 Å². The normalized spacial score (nSPS) is 18.3. The minimum atomic E-state index is 0.260. The van der Waals surface area contributed by atoms with Crippen molar-refractivity contribution in [1.29, 1.82) is 0 Å². The summed E-state index contributed by atoms with van der Waals surface area (Å²) < 4.78 is 1.76. The third kappa shape index (κ3) is 2.17. The first-order valence-corrected chi connectivity index (χ1v) is 6.95. The highest BCUT2D eigenvalue weighted by molar-refractivity contribution is 6.18. The molecular weight excluding hydrogens is 248 g/mol. The van der Waals surface area contributed by atoms with Gasteiger partial charge in [0, 0.05) is 30.1 Å². The Morgan fingerprint density at radius 2 is 2.17 bits per heavy atom. The zero-order valence-electron chi connectivity index (χ0n) is 10.3. The van der Waals surface area contributed by atoms with E-state index < -0.39 is 0 Å². The first-order valence-electron chi connectivity index (χ1n) is 6.42. The van der Waals surface area contributed by atoms with Gasteiger partial charge in [0.2, 0.25) is 0 Å². The maximum Gasteiger partial charge on any atom is 0.157 e. The Bertz CT molecular complexity index is 531. The first kappa shape index (κ1) is 11.8. The van der Waals surface area contributed by atoms with Crippen LogP contribution in [0.5, 0.6) is 0 Å². The van der Waals surface area contributed by atoms with Gasteiger partial charge in [-0.3, -0.25) is 0 Å². The van der Waals surface area contributed by atoms with Crippen LogP contribution >= 0.6 is 11.6 Å². The molecule has 96 valence electrons. The van der Waals surface area contributed by atoms with Crippen LogP contribution < -0.4 is 5.32 Å². The lowest BCUT2D eigenvalue weighted by atomic mass is 9.88. The van der Waals surface area contributed by atoms with Crippen LogP contribution in [0, 0.1) is 5.41 Å². The van der Waals surface area contributed by atoms with E-state index in [1.165, 1.54) is 25.7 Å². The molecule has 0 bridgehead atoms. The quantitative estimate of drug-likeness (QED) is 0.864. The van der Waals surface area contributed by atoms with Crippen molar-refractivity contribution in [2.75, 3.05) is 17.7 Å². The molecule has 0 atom stereocenters. The Hall–Kier alpha value is -1.29. The summed E-state index contributed by atoms with van der Waals surface area (Å²) in [7, 11) is 0. The molecule has 0 aromatic carbocycles. The Labute approximate surface area is 111 Å². The Morgan fingerprint density at radius 3 is 2.94 bits per heavy atom. The van der Waals surface area contributed by atoms with E-state index in [9.17, 15) is 0 Å². The van der Waals surface area contributed by atoms with Crippen molar-refractivity contribution in [1.82, 2.24) is 14.6 Å². The van der Waals surface area contributed by atoms with E-state index in [4.69, 9.17) is 11.6 Å². The molecule has 0 saturated heterocycles. The molecule has 1 aliphatic carbocycles. The number of hydrogen-bond donors (Lipinski definition) is 1. The third-order valence-corrected chi connectivity index (χ3v) is 4.42. The highest BCUT2D eigenvalue weighted by Gasteiger charge is 2.32. The summed E-state index contributed by atoms with van der Waals surface area (Å²) in [6.07, 6.45) is 8.71. The molecule has 1 saturated carbocycles. The van der Waals surface area contributed by atoms with Crippen molar-refractivity contribution in [2.45, 2.75) is 25.7 Å². The number of nitrogens with one attached hydrogen (secondary N) is 1. The number of anilines is 1. The van der Waals surface area contributed by atoms with E-state index >= 15 is 0 Å². The highest BCUT2D eigenvalue weighted by atomic mass is 35.5. The monoisotopic (exact) mass is 264 g/mol. The van der Waals surface area contributed by atoms with Crippen molar-refractivity contribution in [2.24, 2.45) is 5.41 Å². The van der Waals surface area contributed by atoms with Crippen molar-refractivity contribution >= 4 is 23.1 Å². The largest absolute Gasteiger partial charge is 0.369 e. The minimum absolute atomic E-state index is 0.260. The van der Waals surface area contributed by atoms with Gasteiger partial charge in [0.25, 0.3) is 0 Å². The standard InChI is InChI=1S/C13H17ClN4/c14-9-13(5-1-2-6-13)10-15-11-4-8-18-12(17-11)3-7-16-18/h3-4,7-8H,1-2,5-6,9-10H2,(H,15,17). The molecule has 2 aromatic rings. The molecule has 0 amide bonds. The van der Waals surface area contributed by atoms with Crippen molar-refractivity contribution in [3.8, 4) is 0 Å². The number of hydrogen-bond acceptors (Lipinski definition) is 3. The SMILES string of the molecule is ClCC1(CNc2ccn3nccc3n2)CCCC1. The molecule has 0 spiro atoms. The molecule has 1 aliphatic rings. The Morgan fingerprint density at radius 1 is 1.33 bits per heavy atom. The molecule has 1 fully saturated rings. The zero-order chi connectivity index (χ0) is 12.4. The van der Waals surface area contributed by atoms with Gasteiger partial charge in [-0.15, -0.1) is 11.6 Å². The second kappa shape index (κ2) is 4.76. The Balaban J connectivity index is 1.72. The third-order valence-electron chi connectivity index (χ3n) is 3.85. The van der Waals surface area contributed by atoms with E-state index in [0.29, 0.717) is 0 Å². The fourth-order valence-electron chi connectivity index (χ4n) is 2.67. The molecule has 0 aliphatic heterocycles. The van der Waals surface area contributed by atoms with Crippen LogP contribution in [0.3, 0.4) is 0 Å². The maximum atomic E-state index is 6.13. The van der Waals surface area contributed by atoms with Crippen LogP contribution in [0.25, 0.3) is 5.65 Å². The fraction of sp³-hybridized carbons (Fsp3) is 0.538. The summed E-state index contributed by atoms with van der Waals surface area (Å²) in [6.45, 7) is 0.911. The van der Waals surface area contributed by atoms with E-state index in [0.717, 1.165) is 23.9 Å². The predicted octanol–water partition coefficient (Wildman–Crippen LogP) is 2.94. The molecule has 1 N–H and O–H groups in total. The van der Waals surface area contributed by atoms with Gasteiger partial charge in [0.15, 0.2) is 5.65 Å². The lowest BCUT2D eigenvalue weighted by Crippen LogP contribution is -2.28. The first-order chi connectivity index (χ1) is 8.81. The van der Waals surface area contributed by atoms with Crippen molar-refractivity contribution in [3.05, 3.63) is 24.5 Å². The van der Waals surface area contributed by atoms with Gasteiger partial charge >= 0.3 is 0 Å². The number of halogens is 1. The molecule has 3 rings (SSSR count). The van der Waals surface area contributed by atoms with Crippen LogP contribution in [-0.4, -0.2) is 27.0 Å². The lowest BCUT2D eigenvalue weighted by Gasteiger charge is -2.26. The van der Waals surface area contributed by atoms with Gasteiger partial charge < -0.3 is 5.32 Å². The summed E-state index contributed by atoms with van der Waals surface area (Å²) in [5.74, 6) is 1.63.